The van der Waals surface area contributed by atoms with Gasteiger partial charge in [0.15, 0.2) is 11.6 Å². The van der Waals surface area contributed by atoms with Crippen LogP contribution in [0.15, 0.2) is 75.1 Å². The molecule has 0 aliphatic rings. The van der Waals surface area contributed by atoms with Gasteiger partial charge in [-0.15, -0.1) is 0 Å². The van der Waals surface area contributed by atoms with Crippen molar-refractivity contribution in [2.45, 2.75) is 17.2 Å². The number of rotatable bonds is 5. The Hall–Kier alpha value is -3.85. The zero-order valence-electron chi connectivity index (χ0n) is 16.4. The largest absolute Gasteiger partial charge is 0.461 e. The summed E-state index contributed by atoms with van der Waals surface area (Å²) in [4.78, 5) is 38.9. The number of carbonyl (C=O) groups excluding carboxylic acids is 1. The van der Waals surface area contributed by atoms with Crippen LogP contribution in [0.2, 0.25) is 0 Å². The summed E-state index contributed by atoms with van der Waals surface area (Å²) < 4.78 is 5.45. The lowest BCUT2D eigenvalue weighted by Crippen LogP contribution is -2.22. The number of hydrogen-bond donors (Lipinski definition) is 3. The van der Waals surface area contributed by atoms with E-state index in [0.717, 1.165) is 10.9 Å². The minimum Gasteiger partial charge on any atom is -0.461 e. The zero-order chi connectivity index (χ0) is 21.4. The second kappa shape index (κ2) is 7.77. The van der Waals surface area contributed by atoms with Gasteiger partial charge in [0.1, 0.15) is 5.03 Å². The molecule has 0 spiro atoms. The molecule has 8 nitrogen and oxygen atoms in total. The first kappa shape index (κ1) is 19.1. The van der Waals surface area contributed by atoms with Gasteiger partial charge in [0.25, 0.3) is 0 Å². The number of fused-ring (bicyclic) bond motifs is 2. The predicted octanol–water partition coefficient (Wildman–Crippen LogP) is 4.18. The second-order valence-corrected chi connectivity index (χ2v) is 8.27. The number of carbonyl (C=O) groups is 1. The monoisotopic (exact) mass is 431 g/mol. The smallest absolute Gasteiger partial charge is 0.323 e. The van der Waals surface area contributed by atoms with Crippen molar-refractivity contribution < 1.29 is 9.21 Å². The molecule has 5 rings (SSSR count). The summed E-state index contributed by atoms with van der Waals surface area (Å²) in [5.74, 6) is 0.864. The van der Waals surface area contributed by atoms with E-state index in [1.807, 2.05) is 31.2 Å². The molecule has 0 aliphatic carbocycles. The standard InChI is InChI=1S/C22H17N5O3S/c1-12(20(28)23-13-8-9-16-17(11-13)26-22(29)25-16)31-21-14-5-2-3-6-15(14)24-19(27-21)18-7-4-10-30-18/h2-12H,1H3,(H,23,28)(H2,25,26,29). The van der Waals surface area contributed by atoms with Crippen LogP contribution in [0.5, 0.6) is 0 Å². The van der Waals surface area contributed by atoms with Gasteiger partial charge in [0, 0.05) is 11.1 Å². The molecule has 0 bridgehead atoms. The Morgan fingerprint density at radius 1 is 1.06 bits per heavy atom. The van der Waals surface area contributed by atoms with E-state index in [1.54, 1.807) is 36.6 Å². The van der Waals surface area contributed by atoms with Gasteiger partial charge in [-0.25, -0.2) is 14.8 Å². The maximum Gasteiger partial charge on any atom is 0.323 e. The Bertz CT molecular complexity index is 1460. The SMILES string of the molecule is CC(Sc1nc(-c2ccco2)nc2ccccc12)C(=O)Nc1ccc2[nH]c(=O)[nH]c2c1. The fourth-order valence-electron chi connectivity index (χ4n) is 3.23. The Labute approximate surface area is 180 Å². The predicted molar refractivity (Wildman–Crippen MR) is 120 cm³/mol. The third-order valence-electron chi connectivity index (χ3n) is 4.75. The molecule has 0 saturated carbocycles. The highest BCUT2D eigenvalue weighted by atomic mass is 32.2. The van der Waals surface area contributed by atoms with Crippen LogP contribution in [0, 0.1) is 0 Å². The number of benzene rings is 2. The number of aromatic amines is 2. The van der Waals surface area contributed by atoms with Crippen LogP contribution < -0.4 is 11.0 Å². The number of anilines is 1. The molecule has 1 unspecified atom stereocenters. The number of imidazole rings is 1. The van der Waals surface area contributed by atoms with Crippen molar-refractivity contribution in [3.05, 3.63) is 71.3 Å². The molecular weight excluding hydrogens is 414 g/mol. The van der Waals surface area contributed by atoms with E-state index < -0.39 is 5.25 Å². The van der Waals surface area contributed by atoms with Crippen molar-refractivity contribution in [2.75, 3.05) is 5.32 Å². The van der Waals surface area contributed by atoms with Gasteiger partial charge >= 0.3 is 5.69 Å². The van der Waals surface area contributed by atoms with Crippen molar-refractivity contribution in [3.63, 3.8) is 0 Å². The van der Waals surface area contributed by atoms with Crippen LogP contribution in [0.1, 0.15) is 6.92 Å². The maximum absolute atomic E-state index is 12.8. The fourth-order valence-corrected chi connectivity index (χ4v) is 4.17. The third-order valence-corrected chi connectivity index (χ3v) is 5.85. The van der Waals surface area contributed by atoms with Gasteiger partial charge in [-0.05, 0) is 43.3 Å². The highest BCUT2D eigenvalue weighted by molar-refractivity contribution is 8.00. The maximum atomic E-state index is 12.8. The second-order valence-electron chi connectivity index (χ2n) is 6.94. The number of nitrogens with one attached hydrogen (secondary N) is 3. The number of hydrogen-bond acceptors (Lipinski definition) is 6. The van der Waals surface area contributed by atoms with Gasteiger partial charge in [-0.3, -0.25) is 4.79 Å². The number of thioether (sulfide) groups is 1. The lowest BCUT2D eigenvalue weighted by molar-refractivity contribution is -0.115. The average molecular weight is 431 g/mol. The summed E-state index contributed by atoms with van der Waals surface area (Å²) in [5, 5.41) is 4.04. The highest BCUT2D eigenvalue weighted by Crippen LogP contribution is 2.31. The van der Waals surface area contributed by atoms with Gasteiger partial charge in [0.2, 0.25) is 5.91 Å². The normalized spacial score (nSPS) is 12.3. The topological polar surface area (TPSA) is 117 Å². The Morgan fingerprint density at radius 3 is 2.74 bits per heavy atom. The molecule has 0 aliphatic heterocycles. The molecule has 3 N–H and O–H groups in total. The molecule has 1 atom stereocenters. The Balaban J connectivity index is 1.41. The minimum absolute atomic E-state index is 0.176. The van der Waals surface area contributed by atoms with E-state index in [2.05, 4.69) is 25.3 Å². The highest BCUT2D eigenvalue weighted by Gasteiger charge is 2.19. The Kier molecular flexibility index (Phi) is 4.79. The van der Waals surface area contributed by atoms with E-state index in [1.165, 1.54) is 11.8 Å². The minimum atomic E-state index is -0.427. The van der Waals surface area contributed by atoms with Crippen molar-refractivity contribution in [1.82, 2.24) is 19.9 Å². The molecule has 0 radical (unpaired) electrons. The molecule has 1 amide bonds. The molecule has 31 heavy (non-hydrogen) atoms. The lowest BCUT2D eigenvalue weighted by atomic mass is 10.2. The molecule has 2 aromatic carbocycles. The van der Waals surface area contributed by atoms with Crippen molar-refractivity contribution >= 4 is 45.3 Å². The first-order valence-electron chi connectivity index (χ1n) is 9.57. The van der Waals surface area contributed by atoms with Crippen LogP contribution in [0.4, 0.5) is 5.69 Å². The van der Waals surface area contributed by atoms with E-state index in [9.17, 15) is 9.59 Å². The van der Waals surface area contributed by atoms with Gasteiger partial charge in [0.05, 0.1) is 28.1 Å². The molecule has 0 fully saturated rings. The quantitative estimate of drug-likeness (QED) is 0.284. The molecule has 3 heterocycles. The summed E-state index contributed by atoms with van der Waals surface area (Å²) in [6.07, 6.45) is 1.57. The van der Waals surface area contributed by atoms with Crippen LogP contribution in [-0.4, -0.2) is 31.1 Å². The van der Waals surface area contributed by atoms with Gasteiger partial charge in [-0.2, -0.15) is 0 Å². The molecule has 154 valence electrons. The Morgan fingerprint density at radius 2 is 1.90 bits per heavy atom. The number of nitrogens with zero attached hydrogens (tertiary/aromatic N) is 2. The molecule has 3 aromatic heterocycles. The summed E-state index contributed by atoms with van der Waals surface area (Å²) in [6.45, 7) is 1.82. The van der Waals surface area contributed by atoms with Crippen LogP contribution in [0.25, 0.3) is 33.5 Å². The first-order chi connectivity index (χ1) is 15.1. The number of para-hydroxylation sites is 1. The molecule has 0 saturated heterocycles. The van der Waals surface area contributed by atoms with Crippen LogP contribution >= 0.6 is 11.8 Å². The van der Waals surface area contributed by atoms with E-state index in [0.29, 0.717) is 33.3 Å². The first-order valence-corrected chi connectivity index (χ1v) is 10.4. The average Bonchev–Trinajstić information content (AvgIpc) is 3.42. The van der Waals surface area contributed by atoms with E-state index in [4.69, 9.17) is 4.42 Å². The fraction of sp³-hybridized carbons (Fsp3) is 0.0909. The van der Waals surface area contributed by atoms with Gasteiger partial charge in [-0.1, -0.05) is 30.0 Å². The lowest BCUT2D eigenvalue weighted by Gasteiger charge is -2.13. The summed E-state index contributed by atoms with van der Waals surface area (Å²) >= 11 is 1.35. The van der Waals surface area contributed by atoms with Gasteiger partial charge < -0.3 is 19.7 Å². The van der Waals surface area contributed by atoms with E-state index in [-0.39, 0.29) is 11.6 Å². The molecule has 9 heteroatoms. The number of furan rings is 1. The van der Waals surface area contributed by atoms with Crippen LogP contribution in [0.3, 0.4) is 0 Å². The zero-order valence-corrected chi connectivity index (χ0v) is 17.2. The van der Waals surface area contributed by atoms with Crippen molar-refractivity contribution in [1.29, 1.82) is 0 Å². The summed E-state index contributed by atoms with van der Waals surface area (Å²) in [5.41, 5.74) is 2.41. The van der Waals surface area contributed by atoms with Crippen LogP contribution in [-0.2, 0) is 4.79 Å². The number of aromatic nitrogens is 4. The molecular formula is C22H17N5O3S. The summed E-state index contributed by atoms with van der Waals surface area (Å²) in [6, 6.07) is 16.5. The molecule has 5 aromatic rings. The summed E-state index contributed by atoms with van der Waals surface area (Å²) in [7, 11) is 0. The van der Waals surface area contributed by atoms with Crippen molar-refractivity contribution in [3.8, 4) is 11.6 Å². The van der Waals surface area contributed by atoms with Crippen molar-refractivity contribution in [2.24, 2.45) is 0 Å². The number of H-pyrrole nitrogens is 2. The third kappa shape index (κ3) is 3.82. The van der Waals surface area contributed by atoms with E-state index >= 15 is 0 Å². The number of amides is 1.